The molecule has 0 radical (unpaired) electrons. The Morgan fingerprint density at radius 3 is 2.61 bits per heavy atom. The molecule has 1 aromatic heterocycles. The van der Waals surface area contributed by atoms with Gasteiger partial charge in [0, 0.05) is 25.0 Å². The molecule has 0 spiro atoms. The van der Waals surface area contributed by atoms with Crippen molar-refractivity contribution in [1.82, 2.24) is 10.2 Å². The Hall–Kier alpha value is -2.88. The summed E-state index contributed by atoms with van der Waals surface area (Å²) in [4.78, 5) is 24.6. The molecule has 0 atom stereocenters. The number of nitrogens with zero attached hydrogens (tertiary/aromatic N) is 2. The molecule has 9 nitrogen and oxygen atoms in total. The third-order valence-corrected chi connectivity index (χ3v) is 5.19. The van der Waals surface area contributed by atoms with E-state index in [1.807, 2.05) is 4.90 Å². The molecule has 1 fully saturated rings. The van der Waals surface area contributed by atoms with Gasteiger partial charge in [-0.05, 0) is 45.7 Å². The summed E-state index contributed by atoms with van der Waals surface area (Å²) in [5.41, 5.74) is -0.788. The van der Waals surface area contributed by atoms with Crippen LogP contribution in [0.4, 0.5) is 15.9 Å². The zero-order valence-electron chi connectivity index (χ0n) is 18.0. The molecule has 10 heteroatoms. The molecule has 1 aliphatic rings. The first-order valence-electron chi connectivity index (χ1n) is 10.3. The van der Waals surface area contributed by atoms with Crippen LogP contribution in [0.3, 0.4) is 0 Å². The van der Waals surface area contributed by atoms with E-state index in [4.69, 9.17) is 9.84 Å². The summed E-state index contributed by atoms with van der Waals surface area (Å²) < 4.78 is 20.2. The zero-order valence-corrected chi connectivity index (χ0v) is 18.0. The van der Waals surface area contributed by atoms with Gasteiger partial charge in [-0.2, -0.15) is 5.10 Å². The van der Waals surface area contributed by atoms with Gasteiger partial charge in [-0.1, -0.05) is 0 Å². The van der Waals surface area contributed by atoms with E-state index in [9.17, 15) is 19.1 Å². The van der Waals surface area contributed by atoms with Gasteiger partial charge in [-0.15, -0.1) is 0 Å². The highest BCUT2D eigenvalue weighted by atomic mass is 19.1. The number of benzene rings is 1. The number of aliphatic hydroxyl groups is 1. The zero-order chi connectivity index (χ0) is 22.8. The molecular weight excluding hydrogens is 407 g/mol. The molecule has 1 saturated heterocycles. The lowest BCUT2D eigenvalue weighted by atomic mass is 9.88. The largest absolute Gasteiger partial charge is 0.481 e. The highest BCUT2D eigenvalue weighted by Crippen LogP contribution is 2.33. The number of carboxylic acid groups (broad SMARTS) is 1. The number of halogens is 1. The maximum Gasteiger partial charge on any atom is 0.309 e. The fraction of sp³-hybridized carbons (Fsp3) is 0.571. The average molecular weight is 436 g/mol. The van der Waals surface area contributed by atoms with E-state index in [0.29, 0.717) is 48.3 Å². The van der Waals surface area contributed by atoms with Crippen molar-refractivity contribution in [2.24, 2.45) is 0 Å². The second-order valence-electron chi connectivity index (χ2n) is 8.97. The van der Waals surface area contributed by atoms with Crippen molar-refractivity contribution in [2.75, 3.05) is 29.9 Å². The van der Waals surface area contributed by atoms with Gasteiger partial charge in [0.05, 0.1) is 29.6 Å². The van der Waals surface area contributed by atoms with Crippen LogP contribution in [0, 0.1) is 5.82 Å². The van der Waals surface area contributed by atoms with Crippen LogP contribution in [0.25, 0.3) is 10.9 Å². The number of carbonyl (C=O) groups is 2. The molecule has 0 amide bonds. The van der Waals surface area contributed by atoms with Gasteiger partial charge in [0.15, 0.2) is 5.82 Å². The van der Waals surface area contributed by atoms with Crippen LogP contribution in [0.2, 0.25) is 0 Å². The first-order chi connectivity index (χ1) is 14.5. The van der Waals surface area contributed by atoms with Crippen LogP contribution in [0.1, 0.15) is 46.5 Å². The van der Waals surface area contributed by atoms with Crippen LogP contribution in [0.5, 0.6) is 0 Å². The van der Waals surface area contributed by atoms with E-state index in [0.717, 1.165) is 0 Å². The van der Waals surface area contributed by atoms with Crippen molar-refractivity contribution < 1.29 is 28.9 Å². The smallest absolute Gasteiger partial charge is 0.309 e. The Labute approximate surface area is 179 Å². The SMILES string of the molecule is CC(C)(C)OC(=O)CC1(O)CCN(c2cc3[nH]nc(NCCC(=O)O)c3cc2F)CC1. The molecule has 0 unspecified atom stereocenters. The van der Waals surface area contributed by atoms with Crippen molar-refractivity contribution in [2.45, 2.75) is 57.7 Å². The highest BCUT2D eigenvalue weighted by molar-refractivity contribution is 5.92. The number of aromatic amines is 1. The summed E-state index contributed by atoms with van der Waals surface area (Å²) in [6.45, 7) is 6.29. The minimum atomic E-state index is -1.17. The number of hydrogen-bond acceptors (Lipinski definition) is 7. The van der Waals surface area contributed by atoms with Crippen LogP contribution >= 0.6 is 0 Å². The third-order valence-electron chi connectivity index (χ3n) is 5.19. The van der Waals surface area contributed by atoms with Gasteiger partial charge < -0.3 is 25.2 Å². The number of hydrogen-bond donors (Lipinski definition) is 4. The number of aliphatic carboxylic acids is 1. The molecule has 1 aromatic carbocycles. The number of nitrogens with one attached hydrogen (secondary N) is 2. The molecule has 4 N–H and O–H groups in total. The number of rotatable bonds is 7. The number of piperidine rings is 1. The van der Waals surface area contributed by atoms with Gasteiger partial charge in [0.25, 0.3) is 0 Å². The van der Waals surface area contributed by atoms with Crippen molar-refractivity contribution in [3.8, 4) is 0 Å². The second-order valence-corrected chi connectivity index (χ2v) is 8.97. The Kier molecular flexibility index (Phi) is 6.40. The lowest BCUT2D eigenvalue weighted by Gasteiger charge is -2.39. The Morgan fingerprint density at radius 1 is 1.32 bits per heavy atom. The molecule has 0 aliphatic carbocycles. The molecule has 3 rings (SSSR count). The van der Waals surface area contributed by atoms with Crippen molar-refractivity contribution in [1.29, 1.82) is 0 Å². The predicted molar refractivity (Wildman–Crippen MR) is 114 cm³/mol. The van der Waals surface area contributed by atoms with Gasteiger partial charge in [-0.3, -0.25) is 14.7 Å². The molecule has 2 aromatic rings. The summed E-state index contributed by atoms with van der Waals surface area (Å²) in [6.07, 6.45) is 0.462. The maximum atomic E-state index is 14.9. The predicted octanol–water partition coefficient (Wildman–Crippen LogP) is 2.65. The highest BCUT2D eigenvalue weighted by Gasteiger charge is 2.36. The normalized spacial score (nSPS) is 16.4. The summed E-state index contributed by atoms with van der Waals surface area (Å²) in [7, 11) is 0. The Bertz CT molecular complexity index is 961. The fourth-order valence-electron chi connectivity index (χ4n) is 3.68. The van der Waals surface area contributed by atoms with Crippen LogP contribution < -0.4 is 10.2 Å². The molecule has 31 heavy (non-hydrogen) atoms. The number of fused-ring (bicyclic) bond motifs is 1. The summed E-state index contributed by atoms with van der Waals surface area (Å²) in [5.74, 6) is -1.42. The lowest BCUT2D eigenvalue weighted by molar-refractivity contribution is -0.161. The van der Waals surface area contributed by atoms with Gasteiger partial charge in [-0.25, -0.2) is 4.39 Å². The van der Waals surface area contributed by atoms with Crippen LogP contribution in [-0.2, 0) is 14.3 Å². The number of aromatic nitrogens is 2. The van der Waals surface area contributed by atoms with Gasteiger partial charge in [0.2, 0.25) is 0 Å². The summed E-state index contributed by atoms with van der Waals surface area (Å²) in [6, 6.07) is 3.01. The number of esters is 1. The third kappa shape index (κ3) is 5.84. The van der Waals surface area contributed by atoms with E-state index >= 15 is 0 Å². The Morgan fingerprint density at radius 2 is 2.00 bits per heavy atom. The first-order valence-corrected chi connectivity index (χ1v) is 10.3. The standard InChI is InChI=1S/C21H29FN4O5/c1-20(2,3)31-18(29)12-21(30)5-8-26(9-6-21)16-11-15-13(10-14(16)22)19(25-24-15)23-7-4-17(27)28/h10-11,30H,4-9,12H2,1-3H3,(H,27,28)(H2,23,24,25). The Balaban J connectivity index is 1.66. The minimum Gasteiger partial charge on any atom is -0.481 e. The molecule has 2 heterocycles. The van der Waals surface area contributed by atoms with E-state index < -0.39 is 29.0 Å². The van der Waals surface area contributed by atoms with E-state index in [-0.39, 0.29) is 19.4 Å². The quantitative estimate of drug-likeness (QED) is 0.488. The van der Waals surface area contributed by atoms with Crippen molar-refractivity contribution in [3.05, 3.63) is 17.9 Å². The number of H-pyrrole nitrogens is 1. The average Bonchev–Trinajstić information content (AvgIpc) is 3.01. The topological polar surface area (TPSA) is 128 Å². The van der Waals surface area contributed by atoms with Crippen LogP contribution in [0.15, 0.2) is 12.1 Å². The van der Waals surface area contributed by atoms with Crippen molar-refractivity contribution >= 4 is 34.3 Å². The molecule has 0 saturated carbocycles. The minimum absolute atomic E-state index is 0.0745. The summed E-state index contributed by atoms with van der Waals surface area (Å²) in [5, 5.41) is 29.9. The number of ether oxygens (including phenoxy) is 1. The number of anilines is 2. The molecule has 170 valence electrons. The first kappa shape index (κ1) is 22.8. The van der Waals surface area contributed by atoms with E-state index in [1.54, 1.807) is 26.8 Å². The van der Waals surface area contributed by atoms with Crippen LogP contribution in [-0.4, -0.2) is 63.2 Å². The molecular formula is C21H29FN4O5. The molecule has 0 bridgehead atoms. The van der Waals surface area contributed by atoms with E-state index in [2.05, 4.69) is 15.5 Å². The van der Waals surface area contributed by atoms with Crippen molar-refractivity contribution in [3.63, 3.8) is 0 Å². The van der Waals surface area contributed by atoms with Gasteiger partial charge in [0.1, 0.15) is 11.4 Å². The second kappa shape index (κ2) is 8.70. The maximum absolute atomic E-state index is 14.9. The number of carboxylic acids is 1. The number of carbonyl (C=O) groups excluding carboxylic acids is 1. The fourth-order valence-corrected chi connectivity index (χ4v) is 3.68. The summed E-state index contributed by atoms with van der Waals surface area (Å²) >= 11 is 0. The molecule has 1 aliphatic heterocycles. The monoisotopic (exact) mass is 436 g/mol. The van der Waals surface area contributed by atoms with Gasteiger partial charge >= 0.3 is 11.9 Å². The van der Waals surface area contributed by atoms with E-state index in [1.165, 1.54) is 6.07 Å². The lowest BCUT2D eigenvalue weighted by Crippen LogP contribution is -2.46.